The van der Waals surface area contributed by atoms with Crippen molar-refractivity contribution >= 4 is 64.1 Å². The molecule has 10 rings (SSSR count). The predicted molar refractivity (Wildman–Crippen MR) is 207 cm³/mol. The molecule has 0 radical (unpaired) electrons. The van der Waals surface area contributed by atoms with E-state index in [0.29, 0.717) is 0 Å². The first-order chi connectivity index (χ1) is 24.3. The summed E-state index contributed by atoms with van der Waals surface area (Å²) in [5.41, 5.74) is 9.50. The largest absolute Gasteiger partial charge is 0.247 e. The van der Waals surface area contributed by atoms with Crippen LogP contribution < -0.4 is 0 Å². The molecule has 49 heavy (non-hydrogen) atoms. The maximum atomic E-state index is 5.32. The normalized spacial score (nSPS) is 11.7. The quantitative estimate of drug-likeness (QED) is 0.180. The van der Waals surface area contributed by atoms with Gasteiger partial charge in [-0.15, -0.1) is 11.3 Å². The molecule has 0 saturated heterocycles. The topological polar surface area (TPSA) is 38.7 Å². The van der Waals surface area contributed by atoms with Crippen LogP contribution in [0.5, 0.6) is 0 Å². The van der Waals surface area contributed by atoms with Gasteiger partial charge in [-0.05, 0) is 29.3 Å². The molecule has 0 bridgehead atoms. The first-order valence-corrected chi connectivity index (χ1v) is 17.3. The molecule has 0 N–H and O–H groups in total. The van der Waals surface area contributed by atoms with Gasteiger partial charge in [0.2, 0.25) is 0 Å². The zero-order valence-electron chi connectivity index (χ0n) is 26.3. The Morgan fingerprint density at radius 1 is 0.327 bits per heavy atom. The summed E-state index contributed by atoms with van der Waals surface area (Å²) in [6.07, 6.45) is 0. The lowest BCUT2D eigenvalue weighted by Crippen LogP contribution is -1.95. The molecule has 3 aromatic heterocycles. The third-order valence-electron chi connectivity index (χ3n) is 9.48. The van der Waals surface area contributed by atoms with E-state index in [2.05, 4.69) is 158 Å². The maximum Gasteiger partial charge on any atom is 0.161 e. The maximum absolute atomic E-state index is 5.32. The molecule has 0 aliphatic rings. The van der Waals surface area contributed by atoms with Crippen molar-refractivity contribution in [2.24, 2.45) is 0 Å². The van der Waals surface area contributed by atoms with Gasteiger partial charge in [0.25, 0.3) is 0 Å². The van der Waals surface area contributed by atoms with Crippen molar-refractivity contribution in [3.63, 3.8) is 0 Å². The van der Waals surface area contributed by atoms with E-state index in [1.54, 1.807) is 0 Å². The summed E-state index contributed by atoms with van der Waals surface area (Å²) in [6.45, 7) is 0. The highest BCUT2D eigenvalue weighted by molar-refractivity contribution is 7.27. The standard InChI is InChI=1S/C45H27N3S/c1-3-12-28(13-4-1)29-22-24-31(25-23-29)41-35-17-8-10-21-39(35)47-45(48-41)37-19-11-18-32-33-26-27-36-40(44(33)49-43(32)37)34-16-7-9-20-38(34)46-42(36)30-14-5-2-6-15-30/h1-27H. The molecule has 228 valence electrons. The number of nitrogens with zero attached hydrogens (tertiary/aromatic N) is 3. The van der Waals surface area contributed by atoms with E-state index in [4.69, 9.17) is 15.0 Å². The summed E-state index contributed by atoms with van der Waals surface area (Å²) in [6, 6.07) is 57.6. The highest BCUT2D eigenvalue weighted by Crippen LogP contribution is 2.46. The van der Waals surface area contributed by atoms with Crippen molar-refractivity contribution in [1.82, 2.24) is 15.0 Å². The number of pyridine rings is 1. The van der Waals surface area contributed by atoms with E-state index >= 15 is 0 Å². The molecule has 10 aromatic rings. The fourth-order valence-electron chi connectivity index (χ4n) is 7.15. The van der Waals surface area contributed by atoms with Crippen molar-refractivity contribution in [2.45, 2.75) is 0 Å². The lowest BCUT2D eigenvalue weighted by molar-refractivity contribution is 1.24. The average molecular weight is 642 g/mol. The Balaban J connectivity index is 1.21. The minimum absolute atomic E-state index is 0.735. The molecule has 4 heteroatoms. The van der Waals surface area contributed by atoms with Gasteiger partial charge in [-0.3, -0.25) is 0 Å². The van der Waals surface area contributed by atoms with E-state index in [-0.39, 0.29) is 0 Å². The van der Waals surface area contributed by atoms with E-state index in [9.17, 15) is 0 Å². The van der Waals surface area contributed by atoms with Gasteiger partial charge in [0.05, 0.1) is 22.4 Å². The van der Waals surface area contributed by atoms with E-state index in [0.717, 1.165) is 55.7 Å². The van der Waals surface area contributed by atoms with Gasteiger partial charge in [0, 0.05) is 58.4 Å². The third kappa shape index (κ3) is 4.53. The fraction of sp³-hybridized carbons (Fsp3) is 0. The lowest BCUT2D eigenvalue weighted by atomic mass is 9.98. The van der Waals surface area contributed by atoms with Crippen LogP contribution in [0.1, 0.15) is 0 Å². The molecule has 0 atom stereocenters. The number of para-hydroxylation sites is 2. The molecule has 0 spiro atoms. The monoisotopic (exact) mass is 641 g/mol. The van der Waals surface area contributed by atoms with Crippen LogP contribution in [0.2, 0.25) is 0 Å². The Hall–Kier alpha value is -6.23. The van der Waals surface area contributed by atoms with Gasteiger partial charge in [-0.25, -0.2) is 15.0 Å². The number of fused-ring (bicyclic) bond motifs is 8. The van der Waals surface area contributed by atoms with Gasteiger partial charge in [-0.1, -0.05) is 146 Å². The molecule has 0 unspecified atom stereocenters. The summed E-state index contributed by atoms with van der Waals surface area (Å²) in [7, 11) is 0. The second kappa shape index (κ2) is 11.2. The smallest absolute Gasteiger partial charge is 0.161 e. The van der Waals surface area contributed by atoms with E-state index < -0.39 is 0 Å². The van der Waals surface area contributed by atoms with Crippen molar-refractivity contribution in [1.29, 1.82) is 0 Å². The van der Waals surface area contributed by atoms with Crippen LogP contribution in [0, 0.1) is 0 Å². The second-order valence-corrected chi connectivity index (χ2v) is 13.4. The molecule has 7 aromatic carbocycles. The molecule has 0 fully saturated rings. The number of thiophene rings is 1. The SMILES string of the molecule is c1ccc(-c2ccc(-c3nc(-c4cccc5c4sc4c5ccc5c(-c6ccccc6)nc6ccccc6c54)nc4ccccc34)cc2)cc1. The lowest BCUT2D eigenvalue weighted by Gasteiger charge is -2.11. The van der Waals surface area contributed by atoms with Gasteiger partial charge < -0.3 is 0 Å². The molecule has 3 heterocycles. The molecular formula is C45H27N3S. The highest BCUT2D eigenvalue weighted by Gasteiger charge is 2.19. The van der Waals surface area contributed by atoms with Crippen molar-refractivity contribution in [2.75, 3.05) is 0 Å². The number of rotatable bonds is 4. The van der Waals surface area contributed by atoms with Crippen LogP contribution in [-0.2, 0) is 0 Å². The predicted octanol–water partition coefficient (Wildman–Crippen LogP) is 12.4. The van der Waals surface area contributed by atoms with Crippen LogP contribution in [-0.4, -0.2) is 15.0 Å². The number of hydrogen-bond acceptors (Lipinski definition) is 4. The van der Waals surface area contributed by atoms with Crippen LogP contribution in [0.4, 0.5) is 0 Å². The van der Waals surface area contributed by atoms with Crippen molar-refractivity contribution < 1.29 is 0 Å². The van der Waals surface area contributed by atoms with Crippen molar-refractivity contribution in [3.8, 4) is 45.0 Å². The zero-order valence-corrected chi connectivity index (χ0v) is 27.2. The Morgan fingerprint density at radius 2 is 0.857 bits per heavy atom. The summed E-state index contributed by atoms with van der Waals surface area (Å²) in [5.74, 6) is 0.735. The van der Waals surface area contributed by atoms with Crippen LogP contribution >= 0.6 is 11.3 Å². The number of aromatic nitrogens is 3. The zero-order chi connectivity index (χ0) is 32.3. The Labute approximate surface area is 286 Å². The second-order valence-electron chi connectivity index (χ2n) is 12.3. The minimum Gasteiger partial charge on any atom is -0.247 e. The Morgan fingerprint density at radius 3 is 1.63 bits per heavy atom. The molecule has 0 aliphatic carbocycles. The fourth-order valence-corrected chi connectivity index (χ4v) is 8.52. The molecule has 0 aliphatic heterocycles. The van der Waals surface area contributed by atoms with Crippen LogP contribution in [0.25, 0.3) is 97.8 Å². The molecule has 3 nitrogen and oxygen atoms in total. The highest BCUT2D eigenvalue weighted by atomic mass is 32.1. The third-order valence-corrected chi connectivity index (χ3v) is 10.8. The summed E-state index contributed by atoms with van der Waals surface area (Å²) < 4.78 is 2.45. The molecular weight excluding hydrogens is 615 g/mol. The van der Waals surface area contributed by atoms with Gasteiger partial charge >= 0.3 is 0 Å². The minimum atomic E-state index is 0.735. The first-order valence-electron chi connectivity index (χ1n) is 16.5. The number of hydrogen-bond donors (Lipinski definition) is 0. The molecule has 0 amide bonds. The Kier molecular flexibility index (Phi) is 6.36. The van der Waals surface area contributed by atoms with Crippen molar-refractivity contribution in [3.05, 3.63) is 164 Å². The first kappa shape index (κ1) is 27.8. The van der Waals surface area contributed by atoms with E-state index in [1.165, 1.54) is 42.1 Å². The number of benzene rings is 7. The van der Waals surface area contributed by atoms with Crippen LogP contribution in [0.15, 0.2) is 164 Å². The summed E-state index contributed by atoms with van der Waals surface area (Å²) in [5, 5.41) is 7.07. The average Bonchev–Trinajstić information content (AvgIpc) is 3.57. The van der Waals surface area contributed by atoms with Gasteiger partial charge in [0.15, 0.2) is 5.82 Å². The summed E-state index contributed by atoms with van der Waals surface area (Å²) in [4.78, 5) is 15.7. The van der Waals surface area contributed by atoms with Gasteiger partial charge in [-0.2, -0.15) is 0 Å². The van der Waals surface area contributed by atoms with Gasteiger partial charge in [0.1, 0.15) is 0 Å². The summed E-state index contributed by atoms with van der Waals surface area (Å²) >= 11 is 1.83. The molecule has 0 saturated carbocycles. The van der Waals surface area contributed by atoms with Crippen LogP contribution in [0.3, 0.4) is 0 Å². The Bertz CT molecular complexity index is 2860. The van der Waals surface area contributed by atoms with E-state index in [1.807, 2.05) is 17.4 Å².